The molecule has 0 aliphatic heterocycles. The monoisotopic (exact) mass is 285 g/mol. The summed E-state index contributed by atoms with van der Waals surface area (Å²) < 4.78 is 11.0. The van der Waals surface area contributed by atoms with Gasteiger partial charge in [-0.3, -0.25) is 0 Å². The molecular formula is C18H23NO2. The highest BCUT2D eigenvalue weighted by atomic mass is 16.5. The van der Waals surface area contributed by atoms with Crippen molar-refractivity contribution in [3.05, 3.63) is 53.6 Å². The summed E-state index contributed by atoms with van der Waals surface area (Å²) in [6.45, 7) is 7.03. The van der Waals surface area contributed by atoms with Crippen molar-refractivity contribution in [1.82, 2.24) is 0 Å². The summed E-state index contributed by atoms with van der Waals surface area (Å²) in [5, 5.41) is 3.45. The van der Waals surface area contributed by atoms with E-state index in [-0.39, 0.29) is 6.10 Å². The van der Waals surface area contributed by atoms with Crippen molar-refractivity contribution in [2.45, 2.75) is 26.9 Å². The van der Waals surface area contributed by atoms with Crippen LogP contribution in [-0.4, -0.2) is 19.8 Å². The first-order valence-corrected chi connectivity index (χ1v) is 7.20. The van der Waals surface area contributed by atoms with Gasteiger partial charge in [0, 0.05) is 5.69 Å². The van der Waals surface area contributed by atoms with Gasteiger partial charge in [-0.2, -0.15) is 0 Å². The second-order valence-corrected chi connectivity index (χ2v) is 5.30. The average molecular weight is 285 g/mol. The molecule has 1 N–H and O–H groups in total. The van der Waals surface area contributed by atoms with Crippen molar-refractivity contribution in [3.8, 4) is 11.5 Å². The molecule has 3 heteroatoms. The fourth-order valence-corrected chi connectivity index (χ4v) is 2.11. The van der Waals surface area contributed by atoms with Gasteiger partial charge >= 0.3 is 0 Å². The lowest BCUT2D eigenvalue weighted by Crippen LogP contribution is -2.23. The number of hydrogen-bond acceptors (Lipinski definition) is 3. The zero-order valence-electron chi connectivity index (χ0n) is 13.1. The maximum atomic E-state index is 5.89. The van der Waals surface area contributed by atoms with Crippen LogP contribution in [-0.2, 0) is 0 Å². The van der Waals surface area contributed by atoms with E-state index in [1.54, 1.807) is 7.11 Å². The van der Waals surface area contributed by atoms with Crippen LogP contribution in [0, 0.1) is 13.8 Å². The minimum absolute atomic E-state index is 0.0818. The summed E-state index contributed by atoms with van der Waals surface area (Å²) in [6, 6.07) is 14.1. The molecule has 0 spiro atoms. The molecule has 1 unspecified atom stereocenters. The molecule has 0 fully saturated rings. The molecule has 0 amide bonds. The summed E-state index contributed by atoms with van der Waals surface area (Å²) in [7, 11) is 1.66. The van der Waals surface area contributed by atoms with E-state index in [4.69, 9.17) is 9.47 Å². The minimum atomic E-state index is 0.0818. The molecule has 0 bridgehead atoms. The Balaban J connectivity index is 1.89. The summed E-state index contributed by atoms with van der Waals surface area (Å²) in [5.41, 5.74) is 3.67. The number of nitrogens with one attached hydrogen (secondary N) is 1. The molecule has 0 aromatic heterocycles. The van der Waals surface area contributed by atoms with E-state index >= 15 is 0 Å². The SMILES string of the molecule is COc1ccc(OC(C)CNc2cc(C)ccc2C)cc1. The Hall–Kier alpha value is -2.16. The van der Waals surface area contributed by atoms with E-state index in [0.717, 1.165) is 18.0 Å². The number of methoxy groups -OCH3 is 1. The fourth-order valence-electron chi connectivity index (χ4n) is 2.11. The van der Waals surface area contributed by atoms with Gasteiger partial charge in [-0.1, -0.05) is 12.1 Å². The van der Waals surface area contributed by atoms with Gasteiger partial charge in [-0.05, 0) is 62.2 Å². The van der Waals surface area contributed by atoms with Crippen LogP contribution >= 0.6 is 0 Å². The molecule has 1 atom stereocenters. The van der Waals surface area contributed by atoms with Crippen molar-refractivity contribution >= 4 is 5.69 Å². The maximum Gasteiger partial charge on any atom is 0.120 e. The average Bonchev–Trinajstić information content (AvgIpc) is 2.49. The number of anilines is 1. The van der Waals surface area contributed by atoms with Crippen LogP contribution < -0.4 is 14.8 Å². The Labute approximate surface area is 126 Å². The Morgan fingerprint density at radius 1 is 1.00 bits per heavy atom. The van der Waals surface area contributed by atoms with Gasteiger partial charge in [0.15, 0.2) is 0 Å². The second-order valence-electron chi connectivity index (χ2n) is 5.30. The smallest absolute Gasteiger partial charge is 0.120 e. The number of ether oxygens (including phenoxy) is 2. The van der Waals surface area contributed by atoms with Gasteiger partial charge < -0.3 is 14.8 Å². The van der Waals surface area contributed by atoms with Crippen LogP contribution in [0.5, 0.6) is 11.5 Å². The third kappa shape index (κ3) is 4.42. The van der Waals surface area contributed by atoms with E-state index in [0.29, 0.717) is 0 Å². The van der Waals surface area contributed by atoms with Gasteiger partial charge in [-0.15, -0.1) is 0 Å². The molecule has 0 heterocycles. The molecule has 0 aliphatic rings. The van der Waals surface area contributed by atoms with Gasteiger partial charge in [-0.25, -0.2) is 0 Å². The van der Waals surface area contributed by atoms with Crippen LogP contribution in [0.25, 0.3) is 0 Å². The first kappa shape index (κ1) is 15.2. The third-order valence-electron chi connectivity index (χ3n) is 3.37. The van der Waals surface area contributed by atoms with Crippen molar-refractivity contribution in [1.29, 1.82) is 0 Å². The van der Waals surface area contributed by atoms with Gasteiger partial charge in [0.1, 0.15) is 17.6 Å². The second kappa shape index (κ2) is 7.02. The fraction of sp³-hybridized carbons (Fsp3) is 0.333. The molecule has 112 valence electrons. The lowest BCUT2D eigenvalue weighted by molar-refractivity contribution is 0.234. The van der Waals surface area contributed by atoms with Crippen molar-refractivity contribution in [2.75, 3.05) is 19.0 Å². The molecule has 2 aromatic carbocycles. The zero-order valence-corrected chi connectivity index (χ0v) is 13.1. The first-order chi connectivity index (χ1) is 10.1. The van der Waals surface area contributed by atoms with E-state index in [2.05, 4.69) is 44.3 Å². The van der Waals surface area contributed by atoms with E-state index in [9.17, 15) is 0 Å². The highest BCUT2D eigenvalue weighted by molar-refractivity contribution is 5.52. The Morgan fingerprint density at radius 3 is 2.33 bits per heavy atom. The Kier molecular flexibility index (Phi) is 5.09. The van der Waals surface area contributed by atoms with Gasteiger partial charge in [0.2, 0.25) is 0 Å². The minimum Gasteiger partial charge on any atom is -0.497 e. The number of aryl methyl sites for hydroxylation is 2. The van der Waals surface area contributed by atoms with Crippen LogP contribution in [0.1, 0.15) is 18.1 Å². The third-order valence-corrected chi connectivity index (χ3v) is 3.37. The zero-order chi connectivity index (χ0) is 15.2. The highest BCUT2D eigenvalue weighted by Crippen LogP contribution is 2.19. The van der Waals surface area contributed by atoms with Crippen molar-refractivity contribution in [3.63, 3.8) is 0 Å². The molecule has 0 aliphatic carbocycles. The van der Waals surface area contributed by atoms with Crippen LogP contribution in [0.4, 0.5) is 5.69 Å². The summed E-state index contributed by atoms with van der Waals surface area (Å²) in [5.74, 6) is 1.69. The molecule has 2 aromatic rings. The lowest BCUT2D eigenvalue weighted by Gasteiger charge is -2.17. The van der Waals surface area contributed by atoms with E-state index in [1.807, 2.05) is 24.3 Å². The van der Waals surface area contributed by atoms with Crippen molar-refractivity contribution in [2.24, 2.45) is 0 Å². The lowest BCUT2D eigenvalue weighted by atomic mass is 10.1. The van der Waals surface area contributed by atoms with Gasteiger partial charge in [0.05, 0.1) is 13.7 Å². The largest absolute Gasteiger partial charge is 0.497 e. The molecule has 0 saturated heterocycles. The molecule has 21 heavy (non-hydrogen) atoms. The predicted molar refractivity (Wildman–Crippen MR) is 87.5 cm³/mol. The maximum absolute atomic E-state index is 5.89. The highest BCUT2D eigenvalue weighted by Gasteiger charge is 2.05. The van der Waals surface area contributed by atoms with E-state index < -0.39 is 0 Å². The quantitative estimate of drug-likeness (QED) is 0.863. The van der Waals surface area contributed by atoms with Crippen LogP contribution in [0.2, 0.25) is 0 Å². The van der Waals surface area contributed by atoms with Crippen molar-refractivity contribution < 1.29 is 9.47 Å². The van der Waals surface area contributed by atoms with E-state index in [1.165, 1.54) is 16.8 Å². The molecule has 0 saturated carbocycles. The standard InChI is InChI=1S/C18H23NO2/c1-13-5-6-14(2)18(11-13)19-12-15(3)21-17-9-7-16(20-4)8-10-17/h5-11,15,19H,12H2,1-4H3. The Morgan fingerprint density at radius 2 is 1.67 bits per heavy atom. The number of benzene rings is 2. The summed E-state index contributed by atoms with van der Waals surface area (Å²) in [6.07, 6.45) is 0.0818. The Bertz CT molecular complexity index is 578. The predicted octanol–water partition coefficient (Wildman–Crippen LogP) is 4.19. The van der Waals surface area contributed by atoms with Crippen LogP contribution in [0.3, 0.4) is 0 Å². The number of rotatable bonds is 6. The molecule has 2 rings (SSSR count). The molecule has 3 nitrogen and oxygen atoms in total. The molecular weight excluding hydrogens is 262 g/mol. The van der Waals surface area contributed by atoms with Gasteiger partial charge in [0.25, 0.3) is 0 Å². The topological polar surface area (TPSA) is 30.5 Å². The van der Waals surface area contributed by atoms with Crippen LogP contribution in [0.15, 0.2) is 42.5 Å². The summed E-state index contributed by atoms with van der Waals surface area (Å²) in [4.78, 5) is 0. The normalized spacial score (nSPS) is 11.8. The first-order valence-electron chi connectivity index (χ1n) is 7.20. The number of hydrogen-bond donors (Lipinski definition) is 1. The summed E-state index contributed by atoms with van der Waals surface area (Å²) >= 11 is 0. The molecule has 0 radical (unpaired) electrons.